The number of rotatable bonds is 4. The van der Waals surface area contributed by atoms with Gasteiger partial charge in [-0.1, -0.05) is 30.3 Å². The zero-order valence-electron chi connectivity index (χ0n) is 11.8. The van der Waals surface area contributed by atoms with E-state index in [1.54, 1.807) is 6.07 Å². The van der Waals surface area contributed by atoms with E-state index in [1.165, 1.54) is 5.56 Å². The van der Waals surface area contributed by atoms with Crippen LogP contribution in [0.3, 0.4) is 0 Å². The molecule has 0 radical (unpaired) electrons. The minimum atomic E-state index is 0.0413. The van der Waals surface area contributed by atoms with Crippen LogP contribution in [-0.2, 0) is 17.6 Å². The number of fused-ring (bicyclic) bond motifs is 1. The molecule has 1 amide bonds. The molecule has 3 N–H and O–H groups in total. The van der Waals surface area contributed by atoms with Crippen LogP contribution in [0.4, 0.5) is 11.4 Å². The second kappa shape index (κ2) is 5.87. The van der Waals surface area contributed by atoms with E-state index in [1.807, 2.05) is 24.3 Å². The van der Waals surface area contributed by atoms with Gasteiger partial charge in [-0.2, -0.15) is 0 Å². The van der Waals surface area contributed by atoms with E-state index in [2.05, 4.69) is 17.4 Å². The van der Waals surface area contributed by atoms with Crippen molar-refractivity contribution >= 4 is 17.3 Å². The van der Waals surface area contributed by atoms with Gasteiger partial charge in [0.25, 0.3) is 0 Å². The molecule has 0 spiro atoms. The molecular formula is C17H18N2O2. The van der Waals surface area contributed by atoms with Gasteiger partial charge in [-0.3, -0.25) is 4.79 Å². The number of nitrogens with two attached hydrogens (primary N) is 1. The summed E-state index contributed by atoms with van der Waals surface area (Å²) in [6, 6.07) is 13.9. The number of hydrogen-bond donors (Lipinski definition) is 2. The van der Waals surface area contributed by atoms with E-state index >= 15 is 0 Å². The summed E-state index contributed by atoms with van der Waals surface area (Å²) in [6.07, 6.45) is 2.09. The lowest BCUT2D eigenvalue weighted by Crippen LogP contribution is -2.19. The fraction of sp³-hybridized carbons (Fsp3) is 0.235. The summed E-state index contributed by atoms with van der Waals surface area (Å²) < 4.78 is 5.80. The third kappa shape index (κ3) is 3.16. The summed E-state index contributed by atoms with van der Waals surface area (Å²) in [6.45, 7) is 0.583. The van der Waals surface area contributed by atoms with Crippen LogP contribution in [-0.4, -0.2) is 12.5 Å². The Morgan fingerprint density at radius 3 is 2.76 bits per heavy atom. The van der Waals surface area contributed by atoms with Gasteiger partial charge in [0.2, 0.25) is 5.91 Å². The van der Waals surface area contributed by atoms with Crippen molar-refractivity contribution in [2.45, 2.75) is 19.3 Å². The number of amides is 1. The molecule has 2 aromatic rings. The van der Waals surface area contributed by atoms with Crippen LogP contribution < -0.4 is 15.8 Å². The van der Waals surface area contributed by atoms with E-state index < -0.39 is 0 Å². The smallest absolute Gasteiger partial charge is 0.224 e. The van der Waals surface area contributed by atoms with Crippen LogP contribution >= 0.6 is 0 Å². The first-order valence-corrected chi connectivity index (χ1v) is 7.11. The molecule has 0 saturated heterocycles. The van der Waals surface area contributed by atoms with Gasteiger partial charge in [0.05, 0.1) is 12.3 Å². The zero-order chi connectivity index (χ0) is 14.7. The molecule has 108 valence electrons. The minimum Gasteiger partial charge on any atom is -0.491 e. The molecule has 4 nitrogen and oxygen atoms in total. The highest BCUT2D eigenvalue weighted by atomic mass is 16.5. The van der Waals surface area contributed by atoms with Gasteiger partial charge < -0.3 is 15.8 Å². The summed E-state index contributed by atoms with van der Waals surface area (Å²) in [5.41, 5.74) is 9.68. The molecule has 1 heterocycles. The van der Waals surface area contributed by atoms with E-state index in [4.69, 9.17) is 10.5 Å². The number of ether oxygens (including phenoxy) is 1. The summed E-state index contributed by atoms with van der Waals surface area (Å²) in [5.74, 6) is 0.737. The Kier molecular flexibility index (Phi) is 3.77. The third-order valence-electron chi connectivity index (χ3n) is 3.62. The Bertz CT molecular complexity index is 653. The Hall–Kier alpha value is -2.49. The van der Waals surface area contributed by atoms with Gasteiger partial charge >= 0.3 is 0 Å². The Balaban J connectivity index is 1.67. The summed E-state index contributed by atoms with van der Waals surface area (Å²) >= 11 is 0. The lowest BCUT2D eigenvalue weighted by Gasteiger charge is -2.19. The van der Waals surface area contributed by atoms with Crippen molar-refractivity contribution in [3.63, 3.8) is 0 Å². The number of nitrogens with one attached hydrogen (secondary N) is 1. The number of carbonyl (C=O) groups excluding carboxylic acids is 1. The molecule has 1 aliphatic heterocycles. The molecule has 4 heteroatoms. The Morgan fingerprint density at radius 1 is 1.14 bits per heavy atom. The van der Waals surface area contributed by atoms with Crippen LogP contribution in [0.25, 0.3) is 0 Å². The van der Waals surface area contributed by atoms with Crippen molar-refractivity contribution in [3.05, 3.63) is 53.6 Å². The molecule has 1 aliphatic rings. The van der Waals surface area contributed by atoms with E-state index in [9.17, 15) is 4.79 Å². The van der Waals surface area contributed by atoms with Crippen LogP contribution in [0.5, 0.6) is 5.75 Å². The molecule has 0 atom stereocenters. The van der Waals surface area contributed by atoms with Gasteiger partial charge in [0, 0.05) is 18.5 Å². The predicted molar refractivity (Wildman–Crippen MR) is 83.4 cm³/mol. The van der Waals surface area contributed by atoms with Gasteiger partial charge in [-0.15, -0.1) is 0 Å². The number of aryl methyl sites for hydroxylation is 1. The summed E-state index contributed by atoms with van der Waals surface area (Å²) in [7, 11) is 0. The van der Waals surface area contributed by atoms with Crippen molar-refractivity contribution in [2.24, 2.45) is 0 Å². The first-order chi connectivity index (χ1) is 10.2. The summed E-state index contributed by atoms with van der Waals surface area (Å²) in [4.78, 5) is 11.4. The highest BCUT2D eigenvalue weighted by Gasteiger charge is 2.17. The standard InChI is InChI=1S/C17H18N2O2/c18-14-11-15-13(6-7-17(20)19-15)10-16(14)21-9-8-12-4-2-1-3-5-12/h1-5,10-11H,6-9,18H2,(H,19,20). The van der Waals surface area contributed by atoms with E-state index in [0.717, 1.165) is 24.1 Å². The Labute approximate surface area is 123 Å². The SMILES string of the molecule is Nc1cc2c(cc1OCCc1ccccc1)CCC(=O)N2. The second-order valence-corrected chi connectivity index (χ2v) is 5.18. The van der Waals surface area contributed by atoms with Crippen LogP contribution in [0.2, 0.25) is 0 Å². The monoisotopic (exact) mass is 282 g/mol. The third-order valence-corrected chi connectivity index (χ3v) is 3.62. The molecular weight excluding hydrogens is 264 g/mol. The lowest BCUT2D eigenvalue weighted by molar-refractivity contribution is -0.116. The largest absolute Gasteiger partial charge is 0.491 e. The average molecular weight is 282 g/mol. The summed E-state index contributed by atoms with van der Waals surface area (Å²) in [5, 5.41) is 2.84. The van der Waals surface area contributed by atoms with Crippen molar-refractivity contribution in [3.8, 4) is 5.75 Å². The topological polar surface area (TPSA) is 64.3 Å². The fourth-order valence-corrected chi connectivity index (χ4v) is 2.47. The Morgan fingerprint density at radius 2 is 1.95 bits per heavy atom. The van der Waals surface area contributed by atoms with Crippen LogP contribution in [0, 0.1) is 0 Å². The average Bonchev–Trinajstić information content (AvgIpc) is 2.49. The van der Waals surface area contributed by atoms with Crippen LogP contribution in [0.1, 0.15) is 17.5 Å². The highest BCUT2D eigenvalue weighted by molar-refractivity contribution is 5.94. The maximum atomic E-state index is 11.4. The van der Waals surface area contributed by atoms with Crippen molar-refractivity contribution in [2.75, 3.05) is 17.7 Å². The van der Waals surface area contributed by atoms with E-state index in [0.29, 0.717) is 24.5 Å². The quantitative estimate of drug-likeness (QED) is 0.847. The molecule has 0 fully saturated rings. The normalized spacial score (nSPS) is 13.4. The molecule has 0 saturated carbocycles. The minimum absolute atomic E-state index is 0.0413. The molecule has 3 rings (SSSR count). The molecule has 2 aromatic carbocycles. The van der Waals surface area contributed by atoms with Gasteiger partial charge in [-0.25, -0.2) is 0 Å². The maximum Gasteiger partial charge on any atom is 0.224 e. The molecule has 0 aliphatic carbocycles. The van der Waals surface area contributed by atoms with Gasteiger partial charge in [-0.05, 0) is 29.7 Å². The molecule has 0 unspecified atom stereocenters. The maximum absolute atomic E-state index is 11.4. The molecule has 21 heavy (non-hydrogen) atoms. The first-order valence-electron chi connectivity index (χ1n) is 7.11. The molecule has 0 aromatic heterocycles. The van der Waals surface area contributed by atoms with Gasteiger partial charge in [0.15, 0.2) is 0 Å². The number of benzene rings is 2. The van der Waals surface area contributed by atoms with Crippen molar-refractivity contribution in [1.82, 2.24) is 0 Å². The number of anilines is 2. The highest BCUT2D eigenvalue weighted by Crippen LogP contribution is 2.32. The number of carbonyl (C=O) groups is 1. The first kappa shape index (κ1) is 13.5. The zero-order valence-corrected chi connectivity index (χ0v) is 11.8. The van der Waals surface area contributed by atoms with Crippen molar-refractivity contribution in [1.29, 1.82) is 0 Å². The number of hydrogen-bond acceptors (Lipinski definition) is 3. The van der Waals surface area contributed by atoms with E-state index in [-0.39, 0.29) is 5.91 Å². The lowest BCUT2D eigenvalue weighted by atomic mass is 10.0. The van der Waals surface area contributed by atoms with Crippen LogP contribution in [0.15, 0.2) is 42.5 Å². The second-order valence-electron chi connectivity index (χ2n) is 5.18. The molecule has 0 bridgehead atoms. The fourth-order valence-electron chi connectivity index (χ4n) is 2.47. The van der Waals surface area contributed by atoms with Crippen molar-refractivity contribution < 1.29 is 9.53 Å². The predicted octanol–water partition coefficient (Wildman–Crippen LogP) is 2.78. The number of nitrogen functional groups attached to an aromatic ring is 1. The van der Waals surface area contributed by atoms with Gasteiger partial charge in [0.1, 0.15) is 5.75 Å².